The minimum absolute atomic E-state index is 0.214. The summed E-state index contributed by atoms with van der Waals surface area (Å²) >= 11 is 0. The van der Waals surface area contributed by atoms with Crippen LogP contribution in [0.25, 0.3) is 11.3 Å². The number of anilines is 2. The van der Waals surface area contributed by atoms with Crippen molar-refractivity contribution >= 4 is 17.4 Å². The Morgan fingerprint density at radius 1 is 1.00 bits per heavy atom. The molecule has 0 unspecified atom stereocenters. The van der Waals surface area contributed by atoms with Crippen LogP contribution in [0.4, 0.5) is 20.3 Å². The van der Waals surface area contributed by atoms with Gasteiger partial charge in [0.1, 0.15) is 11.6 Å². The molecule has 3 aromatic rings. The van der Waals surface area contributed by atoms with Gasteiger partial charge in [0, 0.05) is 30.4 Å². The standard InChI is InChI=1S/C23H22F2N4O/c1-15-10-12-29(13-11-15)22-9-8-21(27-28-22)16-2-5-18(6-3-16)26-23(30)19-7-4-17(24)14-20(19)25/h2-9,14-15H,10-13H2,1H3,(H,26,30). The van der Waals surface area contributed by atoms with E-state index in [9.17, 15) is 13.6 Å². The van der Waals surface area contributed by atoms with E-state index >= 15 is 0 Å². The highest BCUT2D eigenvalue weighted by Gasteiger charge is 2.17. The number of amides is 1. The monoisotopic (exact) mass is 408 g/mol. The molecule has 30 heavy (non-hydrogen) atoms. The summed E-state index contributed by atoms with van der Waals surface area (Å²) in [6, 6.07) is 13.8. The summed E-state index contributed by atoms with van der Waals surface area (Å²) in [5.41, 5.74) is 1.87. The van der Waals surface area contributed by atoms with Crippen LogP contribution in [-0.2, 0) is 0 Å². The maximum Gasteiger partial charge on any atom is 0.258 e. The number of hydrogen-bond donors (Lipinski definition) is 1. The van der Waals surface area contributed by atoms with Crippen molar-refractivity contribution in [3.63, 3.8) is 0 Å². The Kier molecular flexibility index (Phi) is 5.70. The summed E-state index contributed by atoms with van der Waals surface area (Å²) in [6.07, 6.45) is 2.33. The third-order valence-corrected chi connectivity index (χ3v) is 5.37. The fraction of sp³-hybridized carbons (Fsp3) is 0.261. The minimum Gasteiger partial charge on any atom is -0.355 e. The quantitative estimate of drug-likeness (QED) is 0.666. The van der Waals surface area contributed by atoms with Crippen molar-refractivity contribution in [1.82, 2.24) is 10.2 Å². The molecule has 7 heteroatoms. The van der Waals surface area contributed by atoms with E-state index in [1.54, 1.807) is 12.1 Å². The molecule has 1 aliphatic heterocycles. The third-order valence-electron chi connectivity index (χ3n) is 5.37. The largest absolute Gasteiger partial charge is 0.355 e. The van der Waals surface area contributed by atoms with E-state index in [1.807, 2.05) is 24.3 Å². The molecule has 0 spiro atoms. The zero-order chi connectivity index (χ0) is 21.1. The van der Waals surface area contributed by atoms with E-state index < -0.39 is 17.5 Å². The molecule has 1 N–H and O–H groups in total. The van der Waals surface area contributed by atoms with Crippen LogP contribution in [0.1, 0.15) is 30.1 Å². The fourth-order valence-electron chi connectivity index (χ4n) is 3.48. The van der Waals surface area contributed by atoms with Crippen molar-refractivity contribution in [2.75, 3.05) is 23.3 Å². The summed E-state index contributed by atoms with van der Waals surface area (Å²) < 4.78 is 26.8. The van der Waals surface area contributed by atoms with Crippen LogP contribution in [0.15, 0.2) is 54.6 Å². The predicted octanol–water partition coefficient (Wildman–Crippen LogP) is 4.91. The molecule has 2 heterocycles. The van der Waals surface area contributed by atoms with E-state index in [0.29, 0.717) is 11.8 Å². The van der Waals surface area contributed by atoms with E-state index in [4.69, 9.17) is 0 Å². The summed E-state index contributed by atoms with van der Waals surface area (Å²) in [4.78, 5) is 14.5. The first-order valence-corrected chi connectivity index (χ1v) is 9.95. The third kappa shape index (κ3) is 4.45. The second kappa shape index (κ2) is 8.57. The maximum absolute atomic E-state index is 13.8. The van der Waals surface area contributed by atoms with Crippen LogP contribution >= 0.6 is 0 Å². The predicted molar refractivity (Wildman–Crippen MR) is 112 cm³/mol. The maximum atomic E-state index is 13.8. The number of piperidine rings is 1. The smallest absolute Gasteiger partial charge is 0.258 e. The van der Waals surface area contributed by atoms with Gasteiger partial charge in [0.05, 0.1) is 11.3 Å². The van der Waals surface area contributed by atoms with Crippen molar-refractivity contribution in [2.24, 2.45) is 5.92 Å². The number of aromatic nitrogens is 2. The van der Waals surface area contributed by atoms with Gasteiger partial charge in [-0.05, 0) is 55.2 Å². The molecule has 2 aromatic carbocycles. The van der Waals surface area contributed by atoms with Gasteiger partial charge in [0.2, 0.25) is 0 Å². The minimum atomic E-state index is -0.900. The Balaban J connectivity index is 1.42. The molecule has 1 aromatic heterocycles. The van der Waals surface area contributed by atoms with Crippen molar-refractivity contribution < 1.29 is 13.6 Å². The van der Waals surface area contributed by atoms with Gasteiger partial charge < -0.3 is 10.2 Å². The Bertz CT molecular complexity index is 1030. The van der Waals surface area contributed by atoms with Crippen LogP contribution in [0.2, 0.25) is 0 Å². The van der Waals surface area contributed by atoms with Crippen LogP contribution in [0, 0.1) is 17.6 Å². The lowest BCUT2D eigenvalue weighted by atomic mass is 9.99. The van der Waals surface area contributed by atoms with Crippen LogP contribution in [0.3, 0.4) is 0 Å². The molecule has 0 radical (unpaired) electrons. The second-order valence-electron chi connectivity index (χ2n) is 7.60. The highest BCUT2D eigenvalue weighted by atomic mass is 19.1. The normalized spacial score (nSPS) is 14.6. The van der Waals surface area contributed by atoms with E-state index in [2.05, 4.69) is 27.3 Å². The topological polar surface area (TPSA) is 58.1 Å². The zero-order valence-corrected chi connectivity index (χ0v) is 16.6. The molecular formula is C23H22F2N4O. The van der Waals surface area contributed by atoms with Crippen molar-refractivity contribution in [3.05, 3.63) is 71.8 Å². The lowest BCUT2D eigenvalue weighted by molar-refractivity contribution is 0.102. The average molecular weight is 408 g/mol. The average Bonchev–Trinajstić information content (AvgIpc) is 2.75. The Morgan fingerprint density at radius 3 is 2.37 bits per heavy atom. The summed E-state index contributed by atoms with van der Waals surface area (Å²) in [7, 11) is 0. The molecule has 5 nitrogen and oxygen atoms in total. The number of nitrogens with one attached hydrogen (secondary N) is 1. The molecule has 1 saturated heterocycles. The first-order valence-electron chi connectivity index (χ1n) is 9.95. The SMILES string of the molecule is CC1CCN(c2ccc(-c3ccc(NC(=O)c4ccc(F)cc4F)cc3)nn2)CC1. The fourth-order valence-corrected chi connectivity index (χ4v) is 3.48. The molecule has 0 bridgehead atoms. The van der Waals surface area contributed by atoms with Gasteiger partial charge in [-0.3, -0.25) is 4.79 Å². The number of carbonyl (C=O) groups is 1. The zero-order valence-electron chi connectivity index (χ0n) is 16.6. The molecule has 4 rings (SSSR count). The number of benzene rings is 2. The highest BCUT2D eigenvalue weighted by molar-refractivity contribution is 6.04. The van der Waals surface area contributed by atoms with Gasteiger partial charge in [-0.15, -0.1) is 10.2 Å². The van der Waals surface area contributed by atoms with Gasteiger partial charge in [-0.1, -0.05) is 19.1 Å². The van der Waals surface area contributed by atoms with Crippen LogP contribution in [0.5, 0.6) is 0 Å². The van der Waals surface area contributed by atoms with Gasteiger partial charge in [-0.25, -0.2) is 8.78 Å². The second-order valence-corrected chi connectivity index (χ2v) is 7.60. The van der Waals surface area contributed by atoms with Crippen LogP contribution < -0.4 is 10.2 Å². The first-order chi connectivity index (χ1) is 14.5. The molecule has 1 aliphatic rings. The molecular weight excluding hydrogens is 386 g/mol. The lowest BCUT2D eigenvalue weighted by Gasteiger charge is -2.30. The molecule has 1 amide bonds. The van der Waals surface area contributed by atoms with Gasteiger partial charge in [0.15, 0.2) is 5.82 Å². The number of nitrogens with zero attached hydrogens (tertiary/aromatic N) is 3. The number of rotatable bonds is 4. The summed E-state index contributed by atoms with van der Waals surface area (Å²) in [5.74, 6) is -0.624. The van der Waals surface area contributed by atoms with Crippen molar-refractivity contribution in [2.45, 2.75) is 19.8 Å². The Morgan fingerprint density at radius 2 is 1.73 bits per heavy atom. The Labute approximate surface area is 173 Å². The highest BCUT2D eigenvalue weighted by Crippen LogP contribution is 2.24. The summed E-state index contributed by atoms with van der Waals surface area (Å²) in [6.45, 7) is 4.27. The lowest BCUT2D eigenvalue weighted by Crippen LogP contribution is -2.33. The number of hydrogen-bond acceptors (Lipinski definition) is 4. The van der Waals surface area contributed by atoms with Gasteiger partial charge in [0.25, 0.3) is 5.91 Å². The van der Waals surface area contributed by atoms with E-state index in [-0.39, 0.29) is 5.56 Å². The van der Waals surface area contributed by atoms with Crippen LogP contribution in [-0.4, -0.2) is 29.2 Å². The number of halogens is 2. The molecule has 0 atom stereocenters. The first kappa shape index (κ1) is 19.9. The Hall–Kier alpha value is -3.35. The van der Waals surface area contributed by atoms with Crippen molar-refractivity contribution in [1.29, 1.82) is 0 Å². The van der Waals surface area contributed by atoms with Crippen molar-refractivity contribution in [3.8, 4) is 11.3 Å². The number of carbonyl (C=O) groups excluding carboxylic acids is 1. The van der Waals surface area contributed by atoms with E-state index in [0.717, 1.165) is 48.2 Å². The van der Waals surface area contributed by atoms with Gasteiger partial charge >= 0.3 is 0 Å². The molecule has 0 saturated carbocycles. The summed E-state index contributed by atoms with van der Waals surface area (Å²) in [5, 5.41) is 11.3. The van der Waals surface area contributed by atoms with E-state index in [1.165, 1.54) is 12.8 Å². The molecule has 154 valence electrons. The van der Waals surface area contributed by atoms with Gasteiger partial charge in [-0.2, -0.15) is 0 Å². The molecule has 1 fully saturated rings. The molecule has 0 aliphatic carbocycles.